The molecule has 202 valence electrons. The number of likely N-dealkylation sites (N-methyl/N-ethyl adjacent to an activating group) is 1. The van der Waals surface area contributed by atoms with E-state index in [9.17, 15) is 18.0 Å². The topological polar surface area (TPSA) is 96.0 Å². The fraction of sp³-hybridized carbons (Fsp3) is 0.286. The van der Waals surface area contributed by atoms with Gasteiger partial charge in [-0.3, -0.25) is 13.9 Å². The number of carbonyl (C=O) groups is 2. The Morgan fingerprint density at radius 1 is 0.974 bits per heavy atom. The fourth-order valence-corrected chi connectivity index (χ4v) is 5.74. The molecule has 0 aliphatic carbocycles. The standard InChI is InChI=1S/C28H32BrN3O5S/c1-4-30-28(34)21(3)31(19-22-10-9-11-23(29)18-22)27(33)20-32(24-14-16-25(17-15-24)37-5-2)38(35,36)26-12-7-6-8-13-26/h6-18,21H,4-5,19-20H2,1-3H3,(H,30,34). The summed E-state index contributed by atoms with van der Waals surface area (Å²) in [4.78, 5) is 28.0. The number of amides is 2. The highest BCUT2D eigenvalue weighted by Gasteiger charge is 2.32. The third-order valence-corrected chi connectivity index (χ3v) is 8.09. The Hall–Kier alpha value is -3.37. The maximum Gasteiger partial charge on any atom is 0.264 e. The van der Waals surface area contributed by atoms with Crippen LogP contribution in [0, 0.1) is 0 Å². The average molecular weight is 603 g/mol. The second kappa shape index (κ2) is 13.4. The van der Waals surface area contributed by atoms with E-state index in [0.717, 1.165) is 14.3 Å². The first-order valence-electron chi connectivity index (χ1n) is 12.3. The van der Waals surface area contributed by atoms with Crippen LogP contribution in [0.2, 0.25) is 0 Å². The first-order valence-corrected chi connectivity index (χ1v) is 14.5. The van der Waals surface area contributed by atoms with Gasteiger partial charge >= 0.3 is 0 Å². The Labute approximate surface area is 232 Å². The molecule has 1 unspecified atom stereocenters. The highest BCUT2D eigenvalue weighted by Crippen LogP contribution is 2.26. The molecule has 0 aliphatic heterocycles. The van der Waals surface area contributed by atoms with Crippen molar-refractivity contribution in [2.24, 2.45) is 0 Å². The predicted molar refractivity (Wildman–Crippen MR) is 151 cm³/mol. The van der Waals surface area contributed by atoms with E-state index in [2.05, 4.69) is 21.2 Å². The number of benzene rings is 3. The van der Waals surface area contributed by atoms with Crippen LogP contribution < -0.4 is 14.4 Å². The molecule has 2 amide bonds. The van der Waals surface area contributed by atoms with Crippen LogP contribution in [0.3, 0.4) is 0 Å². The minimum Gasteiger partial charge on any atom is -0.494 e. The number of halogens is 1. The smallest absolute Gasteiger partial charge is 0.264 e. The van der Waals surface area contributed by atoms with Crippen molar-refractivity contribution in [2.75, 3.05) is 24.0 Å². The summed E-state index contributed by atoms with van der Waals surface area (Å²) in [5, 5.41) is 2.75. The highest BCUT2D eigenvalue weighted by atomic mass is 79.9. The second-order valence-electron chi connectivity index (χ2n) is 8.47. The molecule has 0 radical (unpaired) electrons. The van der Waals surface area contributed by atoms with Crippen molar-refractivity contribution < 1.29 is 22.7 Å². The van der Waals surface area contributed by atoms with Crippen molar-refractivity contribution in [3.63, 3.8) is 0 Å². The minimum atomic E-state index is -4.11. The Kier molecular flexibility index (Phi) is 10.3. The quantitative estimate of drug-likeness (QED) is 0.327. The Balaban J connectivity index is 2.01. The minimum absolute atomic E-state index is 0.0528. The number of ether oxygens (including phenoxy) is 1. The van der Waals surface area contributed by atoms with E-state index in [1.165, 1.54) is 17.0 Å². The summed E-state index contributed by atoms with van der Waals surface area (Å²) in [6.45, 7) is 5.78. The summed E-state index contributed by atoms with van der Waals surface area (Å²) in [5.74, 6) is -0.257. The van der Waals surface area contributed by atoms with E-state index in [1.807, 2.05) is 31.2 Å². The molecule has 8 nitrogen and oxygen atoms in total. The summed E-state index contributed by atoms with van der Waals surface area (Å²) in [6.07, 6.45) is 0. The first kappa shape index (κ1) is 29.2. The Morgan fingerprint density at radius 3 is 2.26 bits per heavy atom. The van der Waals surface area contributed by atoms with Gasteiger partial charge in [0.05, 0.1) is 17.2 Å². The van der Waals surface area contributed by atoms with Gasteiger partial charge in [0.15, 0.2) is 0 Å². The van der Waals surface area contributed by atoms with Gasteiger partial charge in [0.2, 0.25) is 11.8 Å². The molecule has 0 saturated carbocycles. The monoisotopic (exact) mass is 601 g/mol. The largest absolute Gasteiger partial charge is 0.494 e. The zero-order valence-corrected chi connectivity index (χ0v) is 24.0. The molecule has 0 saturated heterocycles. The van der Waals surface area contributed by atoms with Crippen molar-refractivity contribution >= 4 is 43.5 Å². The molecular formula is C28H32BrN3O5S. The van der Waals surface area contributed by atoms with Crippen molar-refractivity contribution in [1.82, 2.24) is 10.2 Å². The van der Waals surface area contributed by atoms with Crippen LogP contribution in [-0.4, -0.2) is 50.9 Å². The number of nitrogens with zero attached hydrogens (tertiary/aromatic N) is 2. The summed E-state index contributed by atoms with van der Waals surface area (Å²) < 4.78 is 34.9. The molecule has 1 N–H and O–H groups in total. The molecule has 0 aromatic heterocycles. The van der Waals surface area contributed by atoms with Crippen LogP contribution in [0.25, 0.3) is 0 Å². The molecule has 3 rings (SSSR count). The van der Waals surface area contributed by atoms with Crippen LogP contribution in [0.5, 0.6) is 5.75 Å². The van der Waals surface area contributed by atoms with Crippen LogP contribution in [-0.2, 0) is 26.2 Å². The van der Waals surface area contributed by atoms with Gasteiger partial charge < -0.3 is 15.0 Å². The van der Waals surface area contributed by atoms with Gasteiger partial charge in [-0.2, -0.15) is 0 Å². The maximum atomic E-state index is 13.8. The lowest BCUT2D eigenvalue weighted by atomic mass is 10.1. The van der Waals surface area contributed by atoms with Crippen LogP contribution in [0.1, 0.15) is 26.3 Å². The summed E-state index contributed by atoms with van der Waals surface area (Å²) >= 11 is 3.44. The zero-order valence-electron chi connectivity index (χ0n) is 21.6. The van der Waals surface area contributed by atoms with Gasteiger partial charge in [0.25, 0.3) is 10.0 Å². The van der Waals surface area contributed by atoms with Crippen LogP contribution in [0.15, 0.2) is 88.2 Å². The lowest BCUT2D eigenvalue weighted by Gasteiger charge is -2.32. The van der Waals surface area contributed by atoms with Crippen LogP contribution in [0.4, 0.5) is 5.69 Å². The van der Waals surface area contributed by atoms with Gasteiger partial charge in [-0.1, -0.05) is 46.3 Å². The number of sulfonamides is 1. The summed E-state index contributed by atoms with van der Waals surface area (Å²) in [7, 11) is -4.11. The van der Waals surface area contributed by atoms with Gasteiger partial charge in [-0.15, -0.1) is 0 Å². The van der Waals surface area contributed by atoms with Crippen molar-refractivity contribution in [2.45, 2.75) is 38.3 Å². The lowest BCUT2D eigenvalue weighted by molar-refractivity contribution is -0.139. The molecule has 1 atom stereocenters. The molecule has 0 bridgehead atoms. The van der Waals surface area contributed by atoms with E-state index in [4.69, 9.17) is 4.74 Å². The van der Waals surface area contributed by atoms with Crippen molar-refractivity contribution in [3.8, 4) is 5.75 Å². The van der Waals surface area contributed by atoms with E-state index in [0.29, 0.717) is 24.6 Å². The fourth-order valence-electron chi connectivity index (χ4n) is 3.86. The third-order valence-electron chi connectivity index (χ3n) is 5.81. The molecule has 0 heterocycles. The van der Waals surface area contributed by atoms with E-state index in [1.54, 1.807) is 56.3 Å². The average Bonchev–Trinajstić information content (AvgIpc) is 2.91. The molecule has 38 heavy (non-hydrogen) atoms. The SMILES string of the molecule is CCNC(=O)C(C)N(Cc1cccc(Br)c1)C(=O)CN(c1ccc(OCC)cc1)S(=O)(=O)c1ccccc1. The molecule has 3 aromatic rings. The summed E-state index contributed by atoms with van der Waals surface area (Å²) in [6, 6.07) is 21.0. The summed E-state index contributed by atoms with van der Waals surface area (Å²) in [5.41, 5.74) is 1.10. The molecule has 3 aromatic carbocycles. The molecule has 10 heteroatoms. The first-order chi connectivity index (χ1) is 18.2. The van der Waals surface area contributed by atoms with Crippen molar-refractivity contribution in [3.05, 3.63) is 88.9 Å². The number of nitrogens with one attached hydrogen (secondary N) is 1. The normalized spacial score (nSPS) is 11.9. The number of carbonyl (C=O) groups excluding carboxylic acids is 2. The van der Waals surface area contributed by atoms with E-state index < -0.39 is 28.5 Å². The number of hydrogen-bond donors (Lipinski definition) is 1. The predicted octanol–water partition coefficient (Wildman–Crippen LogP) is 4.60. The van der Waals surface area contributed by atoms with Crippen LogP contribution >= 0.6 is 15.9 Å². The second-order valence-corrected chi connectivity index (χ2v) is 11.3. The molecule has 0 spiro atoms. The molecular weight excluding hydrogens is 570 g/mol. The number of rotatable bonds is 12. The number of hydrogen-bond acceptors (Lipinski definition) is 5. The Bertz CT molecular complexity index is 1330. The third kappa shape index (κ3) is 7.35. The molecule has 0 aliphatic rings. The van der Waals surface area contributed by atoms with Gasteiger partial charge in [0, 0.05) is 17.6 Å². The van der Waals surface area contributed by atoms with Gasteiger partial charge in [-0.25, -0.2) is 8.42 Å². The van der Waals surface area contributed by atoms with Gasteiger partial charge in [0.1, 0.15) is 18.3 Å². The maximum absolute atomic E-state index is 13.8. The van der Waals surface area contributed by atoms with E-state index >= 15 is 0 Å². The van der Waals surface area contributed by atoms with Gasteiger partial charge in [-0.05, 0) is 74.9 Å². The number of anilines is 1. The Morgan fingerprint density at radius 2 is 1.66 bits per heavy atom. The molecule has 0 fully saturated rings. The van der Waals surface area contributed by atoms with Crippen molar-refractivity contribution in [1.29, 1.82) is 0 Å². The zero-order chi connectivity index (χ0) is 27.7. The van der Waals surface area contributed by atoms with E-state index in [-0.39, 0.29) is 17.3 Å². The lowest BCUT2D eigenvalue weighted by Crippen LogP contribution is -2.51. The highest BCUT2D eigenvalue weighted by molar-refractivity contribution is 9.10.